The van der Waals surface area contributed by atoms with Crippen molar-refractivity contribution < 1.29 is 0 Å². The second-order valence-electron chi connectivity index (χ2n) is 3.47. The number of aromatic nitrogens is 1. The highest BCUT2D eigenvalue weighted by atomic mass is 32.2. The molecule has 1 N–H and O–H groups in total. The largest absolute Gasteiger partial charge is 0.357 e. The van der Waals surface area contributed by atoms with Crippen molar-refractivity contribution in [2.24, 2.45) is 0 Å². The van der Waals surface area contributed by atoms with Gasteiger partial charge in [-0.3, -0.25) is 0 Å². The van der Waals surface area contributed by atoms with E-state index in [4.69, 9.17) is 0 Å². The zero-order chi connectivity index (χ0) is 9.42. The van der Waals surface area contributed by atoms with Crippen LogP contribution in [-0.4, -0.2) is 17.5 Å². The first kappa shape index (κ1) is 8.70. The number of nitrogens with one attached hydrogen (secondary N) is 1. The molecule has 0 bridgehead atoms. The molecule has 0 aliphatic heterocycles. The molecule has 0 spiro atoms. The Morgan fingerprint density at radius 3 is 2.69 bits per heavy atom. The average molecular weight is 192 g/mol. The molecule has 1 heterocycles. The molecule has 0 atom stereocenters. The monoisotopic (exact) mass is 192 g/mol. The summed E-state index contributed by atoms with van der Waals surface area (Å²) >= 11 is 0. The number of rotatable bonds is 1. The van der Waals surface area contributed by atoms with Crippen molar-refractivity contribution in [1.29, 1.82) is 0 Å². The Bertz CT molecular complexity index is 429. The molecule has 0 amide bonds. The first-order chi connectivity index (χ1) is 6.20. The third kappa shape index (κ3) is 1.35. The summed E-state index contributed by atoms with van der Waals surface area (Å²) in [4.78, 5) is 4.79. The summed E-state index contributed by atoms with van der Waals surface area (Å²) in [5, 5.41) is 1.38. The lowest BCUT2D eigenvalue weighted by Gasteiger charge is -1.95. The van der Waals surface area contributed by atoms with Gasteiger partial charge < -0.3 is 4.98 Å². The quantitative estimate of drug-likeness (QED) is 0.669. The first-order valence-electron chi connectivity index (χ1n) is 4.34. The molecule has 1 aromatic carbocycles. The van der Waals surface area contributed by atoms with Crippen LogP contribution in [0, 0.1) is 6.92 Å². The Balaban J connectivity index is 2.75. The third-order valence-electron chi connectivity index (χ3n) is 2.33. The molecule has 0 unspecified atom stereocenters. The lowest BCUT2D eigenvalue weighted by Crippen LogP contribution is -1.93. The van der Waals surface area contributed by atoms with Gasteiger partial charge in [-0.05, 0) is 18.6 Å². The average Bonchev–Trinajstić information content (AvgIpc) is 2.48. The minimum atomic E-state index is 0.338. The molecule has 1 aromatic heterocycles. The van der Waals surface area contributed by atoms with Crippen molar-refractivity contribution in [3.05, 3.63) is 30.0 Å². The summed E-state index contributed by atoms with van der Waals surface area (Å²) in [7, 11) is 0.338. The van der Waals surface area contributed by atoms with Crippen LogP contribution in [0.1, 0.15) is 5.56 Å². The van der Waals surface area contributed by atoms with Crippen molar-refractivity contribution in [3.63, 3.8) is 0 Å². The van der Waals surface area contributed by atoms with Crippen LogP contribution in [0.15, 0.2) is 29.3 Å². The van der Waals surface area contributed by atoms with Crippen molar-refractivity contribution in [2.75, 3.05) is 12.5 Å². The number of benzene rings is 1. The van der Waals surface area contributed by atoms with Crippen LogP contribution < -0.4 is 0 Å². The Kier molecular flexibility index (Phi) is 2.08. The maximum atomic E-state index is 3.34. The van der Waals surface area contributed by atoms with Crippen molar-refractivity contribution >= 4 is 21.8 Å². The lowest BCUT2D eigenvalue weighted by molar-refractivity contribution is 1.39. The van der Waals surface area contributed by atoms with E-state index in [1.807, 2.05) is 0 Å². The summed E-state index contributed by atoms with van der Waals surface area (Å²) in [6.45, 7) is 2.14. The van der Waals surface area contributed by atoms with Crippen LogP contribution in [0.5, 0.6) is 0 Å². The normalized spacial score (nSPS) is 11.4. The van der Waals surface area contributed by atoms with E-state index < -0.39 is 0 Å². The fourth-order valence-electron chi connectivity index (χ4n) is 1.62. The highest BCUT2D eigenvalue weighted by Crippen LogP contribution is 2.24. The van der Waals surface area contributed by atoms with Crippen molar-refractivity contribution in [2.45, 2.75) is 11.8 Å². The predicted octanol–water partition coefficient (Wildman–Crippen LogP) is 2.71. The van der Waals surface area contributed by atoms with Gasteiger partial charge >= 0.3 is 0 Å². The molecule has 0 saturated heterocycles. The van der Waals surface area contributed by atoms with E-state index in [0.717, 1.165) is 0 Å². The van der Waals surface area contributed by atoms with Gasteiger partial charge in [0, 0.05) is 10.9 Å². The Hall–Kier alpha value is -0.890. The lowest BCUT2D eigenvalue weighted by atomic mass is 10.2. The van der Waals surface area contributed by atoms with Crippen molar-refractivity contribution in [3.8, 4) is 0 Å². The molecule has 13 heavy (non-hydrogen) atoms. The van der Waals surface area contributed by atoms with Gasteiger partial charge in [0.1, 0.15) is 12.5 Å². The van der Waals surface area contributed by atoms with Crippen molar-refractivity contribution in [1.82, 2.24) is 4.98 Å². The predicted molar refractivity (Wildman–Crippen MR) is 60.5 cm³/mol. The minimum absolute atomic E-state index is 0.338. The van der Waals surface area contributed by atoms with Crippen LogP contribution in [0.2, 0.25) is 0 Å². The number of hydrogen-bond donors (Lipinski definition) is 1. The van der Waals surface area contributed by atoms with E-state index in [0.29, 0.717) is 10.9 Å². The van der Waals surface area contributed by atoms with E-state index in [1.54, 1.807) is 0 Å². The molecule has 1 nitrogen and oxygen atoms in total. The zero-order valence-corrected chi connectivity index (χ0v) is 9.03. The topological polar surface area (TPSA) is 15.8 Å². The Morgan fingerprint density at radius 2 is 2.00 bits per heavy atom. The number of hydrogen-bond acceptors (Lipinski definition) is 0. The molecule has 0 saturated carbocycles. The van der Waals surface area contributed by atoms with Gasteiger partial charge in [-0.2, -0.15) is 0 Å². The van der Waals surface area contributed by atoms with Gasteiger partial charge in [0.25, 0.3) is 0 Å². The van der Waals surface area contributed by atoms with E-state index in [-0.39, 0.29) is 0 Å². The van der Waals surface area contributed by atoms with E-state index in [1.165, 1.54) is 21.4 Å². The molecule has 0 aliphatic rings. The molecular formula is C11H14NS+. The molecule has 0 aliphatic carbocycles. The van der Waals surface area contributed by atoms with Gasteiger partial charge in [-0.25, -0.2) is 0 Å². The third-order valence-corrected chi connectivity index (χ3v) is 3.54. The van der Waals surface area contributed by atoms with E-state index >= 15 is 0 Å². The van der Waals surface area contributed by atoms with Gasteiger partial charge in [-0.1, -0.05) is 12.1 Å². The van der Waals surface area contributed by atoms with Crippen LogP contribution in [0.3, 0.4) is 0 Å². The molecule has 0 radical (unpaired) electrons. The molecular weight excluding hydrogens is 178 g/mol. The molecule has 2 aromatic rings. The van der Waals surface area contributed by atoms with Crippen LogP contribution in [0.25, 0.3) is 10.9 Å². The fourth-order valence-corrected chi connectivity index (χ4v) is 2.52. The second-order valence-corrected chi connectivity index (χ2v) is 5.54. The molecule has 2 heteroatoms. The van der Waals surface area contributed by atoms with Gasteiger partial charge in [0.05, 0.1) is 17.1 Å². The number of aryl methyl sites for hydroxylation is 1. The van der Waals surface area contributed by atoms with Crippen LogP contribution >= 0.6 is 0 Å². The zero-order valence-electron chi connectivity index (χ0n) is 8.22. The second kappa shape index (κ2) is 3.11. The standard InChI is InChI=1S/C11H14NS/c1-8-5-4-6-9-10(13(2)3)7-12-11(8)9/h4-7,12H,1-3H3/q+1. The molecule has 2 rings (SSSR count). The van der Waals surface area contributed by atoms with Crippen LogP contribution in [0.4, 0.5) is 0 Å². The summed E-state index contributed by atoms with van der Waals surface area (Å²) in [6, 6.07) is 6.47. The van der Waals surface area contributed by atoms with Crippen LogP contribution in [-0.2, 0) is 10.9 Å². The summed E-state index contributed by atoms with van der Waals surface area (Å²) < 4.78 is 0. The maximum Gasteiger partial charge on any atom is 0.179 e. The van der Waals surface area contributed by atoms with E-state index in [9.17, 15) is 0 Å². The summed E-state index contributed by atoms with van der Waals surface area (Å²) in [5.41, 5.74) is 2.62. The minimum Gasteiger partial charge on any atom is -0.357 e. The number of fused-ring (bicyclic) bond motifs is 1. The summed E-state index contributed by atoms with van der Waals surface area (Å²) in [6.07, 6.45) is 6.65. The molecule has 68 valence electrons. The Labute approximate surface area is 81.5 Å². The van der Waals surface area contributed by atoms with Gasteiger partial charge in [-0.15, -0.1) is 0 Å². The summed E-state index contributed by atoms with van der Waals surface area (Å²) in [5.74, 6) is 0. The first-order valence-corrected chi connectivity index (χ1v) is 6.38. The van der Waals surface area contributed by atoms with Gasteiger partial charge in [0.2, 0.25) is 0 Å². The number of aromatic amines is 1. The number of H-pyrrole nitrogens is 1. The molecule has 0 fully saturated rings. The van der Waals surface area contributed by atoms with Gasteiger partial charge in [0.15, 0.2) is 4.90 Å². The maximum absolute atomic E-state index is 3.34. The SMILES string of the molecule is Cc1cccc2c([S+](C)C)c[nH]c12. The highest BCUT2D eigenvalue weighted by molar-refractivity contribution is 7.95. The Morgan fingerprint density at radius 1 is 1.23 bits per heavy atom. The highest BCUT2D eigenvalue weighted by Gasteiger charge is 2.15. The van der Waals surface area contributed by atoms with E-state index in [2.05, 4.69) is 48.8 Å². The number of para-hydroxylation sites is 1. The fraction of sp³-hybridized carbons (Fsp3) is 0.273. The smallest absolute Gasteiger partial charge is 0.179 e.